The standard InChI is InChI=1S/C18H10N4O4/c23-17-13-6-3-5-12-15(22(25)26)8-7-14(16(12)13)18(24)21(17)20-10-11-4-1-2-9-19-11/h1-10H/b20-10-. The van der Waals surface area contributed by atoms with E-state index in [4.69, 9.17) is 0 Å². The van der Waals surface area contributed by atoms with E-state index >= 15 is 0 Å². The average Bonchev–Trinajstić information content (AvgIpc) is 2.66. The van der Waals surface area contributed by atoms with Crippen molar-refractivity contribution in [1.82, 2.24) is 9.99 Å². The summed E-state index contributed by atoms with van der Waals surface area (Å²) in [4.78, 5) is 40.2. The van der Waals surface area contributed by atoms with Crippen LogP contribution < -0.4 is 0 Å². The van der Waals surface area contributed by atoms with Crippen molar-refractivity contribution in [3.05, 3.63) is 81.7 Å². The summed E-state index contributed by atoms with van der Waals surface area (Å²) >= 11 is 0. The van der Waals surface area contributed by atoms with Crippen LogP contribution in [0.5, 0.6) is 0 Å². The predicted molar refractivity (Wildman–Crippen MR) is 92.9 cm³/mol. The molecular formula is C18H10N4O4. The number of carbonyl (C=O) groups is 2. The Balaban J connectivity index is 1.86. The van der Waals surface area contributed by atoms with Gasteiger partial charge in [0, 0.05) is 17.6 Å². The fourth-order valence-corrected chi connectivity index (χ4v) is 2.90. The van der Waals surface area contributed by atoms with Gasteiger partial charge in [-0.25, -0.2) is 0 Å². The van der Waals surface area contributed by atoms with Gasteiger partial charge in [0.15, 0.2) is 0 Å². The van der Waals surface area contributed by atoms with Gasteiger partial charge >= 0.3 is 0 Å². The molecule has 3 aromatic rings. The number of hydrogen-bond donors (Lipinski definition) is 0. The molecule has 8 nitrogen and oxygen atoms in total. The molecule has 1 aromatic heterocycles. The molecule has 8 heteroatoms. The summed E-state index contributed by atoms with van der Waals surface area (Å²) < 4.78 is 0. The Hall–Kier alpha value is -3.94. The molecule has 0 spiro atoms. The van der Waals surface area contributed by atoms with E-state index in [0.29, 0.717) is 5.69 Å². The van der Waals surface area contributed by atoms with E-state index in [1.165, 1.54) is 30.5 Å². The lowest BCUT2D eigenvalue weighted by molar-refractivity contribution is -0.383. The number of imide groups is 1. The number of carbonyl (C=O) groups excluding carboxylic acids is 2. The molecule has 0 saturated carbocycles. The van der Waals surface area contributed by atoms with Crippen LogP contribution in [0.4, 0.5) is 5.69 Å². The van der Waals surface area contributed by atoms with Crippen molar-refractivity contribution in [2.24, 2.45) is 5.10 Å². The second-order valence-electron chi connectivity index (χ2n) is 5.54. The number of nitro benzene ring substituents is 1. The first kappa shape index (κ1) is 15.6. The maximum atomic E-state index is 12.7. The van der Waals surface area contributed by atoms with Crippen LogP contribution in [0, 0.1) is 10.1 Å². The highest BCUT2D eigenvalue weighted by Gasteiger charge is 2.34. The van der Waals surface area contributed by atoms with Gasteiger partial charge in [0.05, 0.1) is 33.3 Å². The number of benzene rings is 2. The second kappa shape index (κ2) is 5.85. The first-order chi connectivity index (χ1) is 12.6. The molecule has 0 aliphatic carbocycles. The normalized spacial score (nSPS) is 13.6. The Morgan fingerprint density at radius 3 is 2.46 bits per heavy atom. The minimum atomic E-state index is -0.638. The van der Waals surface area contributed by atoms with E-state index in [9.17, 15) is 19.7 Å². The van der Waals surface area contributed by atoms with Gasteiger partial charge in [-0.15, -0.1) is 0 Å². The predicted octanol–water partition coefficient (Wildman–Crippen LogP) is 2.77. The van der Waals surface area contributed by atoms with Gasteiger partial charge in [-0.05, 0) is 30.3 Å². The van der Waals surface area contributed by atoms with E-state index in [0.717, 1.165) is 5.01 Å². The number of hydrogen-bond acceptors (Lipinski definition) is 6. The van der Waals surface area contributed by atoms with Crippen LogP contribution in [-0.4, -0.2) is 32.9 Å². The van der Waals surface area contributed by atoms with E-state index < -0.39 is 16.7 Å². The van der Waals surface area contributed by atoms with Crippen molar-refractivity contribution < 1.29 is 14.5 Å². The van der Waals surface area contributed by atoms with Crippen molar-refractivity contribution in [3.63, 3.8) is 0 Å². The maximum Gasteiger partial charge on any atom is 0.282 e. The van der Waals surface area contributed by atoms with E-state index in [-0.39, 0.29) is 27.6 Å². The molecule has 1 aliphatic heterocycles. The lowest BCUT2D eigenvalue weighted by Crippen LogP contribution is -2.36. The van der Waals surface area contributed by atoms with Crippen LogP contribution in [0.25, 0.3) is 10.8 Å². The summed E-state index contributed by atoms with van der Waals surface area (Å²) in [6.07, 6.45) is 2.88. The Morgan fingerprint density at radius 1 is 1.00 bits per heavy atom. The molecule has 0 N–H and O–H groups in total. The number of aromatic nitrogens is 1. The van der Waals surface area contributed by atoms with E-state index in [2.05, 4.69) is 10.1 Å². The van der Waals surface area contributed by atoms with Crippen molar-refractivity contribution in [1.29, 1.82) is 0 Å². The molecule has 0 saturated heterocycles. The van der Waals surface area contributed by atoms with Crippen LogP contribution in [0.3, 0.4) is 0 Å². The Labute approximate surface area is 146 Å². The van der Waals surface area contributed by atoms with Gasteiger partial charge in [0.2, 0.25) is 0 Å². The third kappa shape index (κ3) is 2.32. The van der Waals surface area contributed by atoms with Gasteiger partial charge in [-0.1, -0.05) is 12.1 Å². The maximum absolute atomic E-state index is 12.7. The Bertz CT molecular complexity index is 1090. The molecule has 0 bridgehead atoms. The second-order valence-corrected chi connectivity index (χ2v) is 5.54. The number of amides is 2. The minimum Gasteiger partial charge on any atom is -0.267 e. The molecule has 2 heterocycles. The highest BCUT2D eigenvalue weighted by atomic mass is 16.6. The van der Waals surface area contributed by atoms with Crippen LogP contribution in [-0.2, 0) is 0 Å². The Morgan fingerprint density at radius 2 is 1.77 bits per heavy atom. The number of nitrogens with zero attached hydrogens (tertiary/aromatic N) is 4. The zero-order valence-corrected chi connectivity index (χ0v) is 13.2. The highest BCUT2D eigenvalue weighted by molar-refractivity contribution is 6.26. The largest absolute Gasteiger partial charge is 0.282 e. The van der Waals surface area contributed by atoms with Crippen molar-refractivity contribution in [3.8, 4) is 0 Å². The highest BCUT2D eigenvalue weighted by Crippen LogP contribution is 2.35. The zero-order chi connectivity index (χ0) is 18.3. The lowest BCUT2D eigenvalue weighted by Gasteiger charge is -2.22. The van der Waals surface area contributed by atoms with Crippen LogP contribution in [0.1, 0.15) is 26.4 Å². The molecule has 26 heavy (non-hydrogen) atoms. The quantitative estimate of drug-likeness (QED) is 0.314. The SMILES string of the molecule is O=C1c2cccc3c([N+](=O)[O-])ccc(c23)C(=O)N1/N=C\c1ccccn1. The molecule has 2 amide bonds. The first-order valence-electron chi connectivity index (χ1n) is 7.62. The summed E-state index contributed by atoms with van der Waals surface area (Å²) in [6, 6.07) is 12.4. The number of non-ortho nitro benzene ring substituents is 1. The van der Waals surface area contributed by atoms with Gasteiger partial charge in [0.25, 0.3) is 17.5 Å². The zero-order valence-electron chi connectivity index (χ0n) is 13.2. The third-order valence-corrected chi connectivity index (χ3v) is 4.05. The lowest BCUT2D eigenvalue weighted by atomic mass is 9.94. The average molecular weight is 346 g/mol. The molecular weight excluding hydrogens is 336 g/mol. The molecule has 0 unspecified atom stereocenters. The number of hydrazone groups is 1. The monoisotopic (exact) mass is 346 g/mol. The van der Waals surface area contributed by atoms with Crippen LogP contribution in [0.15, 0.2) is 59.8 Å². The summed E-state index contributed by atoms with van der Waals surface area (Å²) in [5.41, 5.74) is 0.718. The van der Waals surface area contributed by atoms with Crippen LogP contribution in [0.2, 0.25) is 0 Å². The topological polar surface area (TPSA) is 106 Å². The van der Waals surface area contributed by atoms with E-state index in [1.807, 2.05) is 0 Å². The molecule has 4 rings (SSSR count). The van der Waals surface area contributed by atoms with Gasteiger partial charge in [-0.3, -0.25) is 24.7 Å². The molecule has 0 radical (unpaired) electrons. The van der Waals surface area contributed by atoms with E-state index in [1.54, 1.807) is 30.5 Å². The van der Waals surface area contributed by atoms with Gasteiger partial charge in [0.1, 0.15) is 0 Å². The summed E-state index contributed by atoms with van der Waals surface area (Å²) in [5, 5.41) is 16.5. The number of pyridine rings is 1. The third-order valence-electron chi connectivity index (χ3n) is 4.05. The van der Waals surface area contributed by atoms with Gasteiger partial charge < -0.3 is 0 Å². The Kier molecular flexibility index (Phi) is 3.51. The van der Waals surface area contributed by atoms with Crippen LogP contribution >= 0.6 is 0 Å². The summed E-state index contributed by atoms with van der Waals surface area (Å²) in [5.74, 6) is -1.28. The van der Waals surface area contributed by atoms with Crippen molar-refractivity contribution in [2.45, 2.75) is 0 Å². The molecule has 0 atom stereocenters. The molecule has 1 aliphatic rings. The molecule has 0 fully saturated rings. The fourth-order valence-electron chi connectivity index (χ4n) is 2.90. The molecule has 2 aromatic carbocycles. The smallest absolute Gasteiger partial charge is 0.267 e. The summed E-state index contributed by atoms with van der Waals surface area (Å²) in [6.45, 7) is 0. The van der Waals surface area contributed by atoms with Crippen molar-refractivity contribution in [2.75, 3.05) is 0 Å². The summed E-state index contributed by atoms with van der Waals surface area (Å²) in [7, 11) is 0. The minimum absolute atomic E-state index is 0.156. The number of rotatable bonds is 3. The van der Waals surface area contributed by atoms with Crippen molar-refractivity contribution >= 4 is 34.5 Å². The first-order valence-corrected chi connectivity index (χ1v) is 7.62. The van der Waals surface area contributed by atoms with Gasteiger partial charge in [-0.2, -0.15) is 10.1 Å². The number of nitro groups is 1. The fraction of sp³-hybridized carbons (Fsp3) is 0. The molecule has 126 valence electrons.